The molecule has 2 rings (SSSR count). The number of hydrogen-bond donors (Lipinski definition) is 2. The van der Waals surface area contributed by atoms with E-state index in [1.165, 1.54) is 19.3 Å². The summed E-state index contributed by atoms with van der Waals surface area (Å²) in [5, 5.41) is 9.96. The van der Waals surface area contributed by atoms with E-state index in [1.807, 2.05) is 12.1 Å². The van der Waals surface area contributed by atoms with Crippen LogP contribution in [0, 0.1) is 5.92 Å². The predicted octanol–water partition coefficient (Wildman–Crippen LogP) is 4.14. The molecule has 1 aliphatic carbocycles. The van der Waals surface area contributed by atoms with E-state index in [4.69, 9.17) is 5.73 Å². The standard InChI is InChI=1S/C11H13Br2NO.ClH/c12-7-4-5-8(13)11(15)9(7)10(14)6-2-1-3-6;/h4-6,10,15H,1-3,14H2;1H/t10-;/m1./s1. The number of aromatic hydroxyl groups is 1. The van der Waals surface area contributed by atoms with Gasteiger partial charge in [-0.15, -0.1) is 12.4 Å². The molecule has 1 fully saturated rings. The molecular weight excluding hydrogens is 357 g/mol. The topological polar surface area (TPSA) is 46.2 Å². The molecule has 0 bridgehead atoms. The zero-order chi connectivity index (χ0) is 11.0. The summed E-state index contributed by atoms with van der Waals surface area (Å²) in [5.41, 5.74) is 6.99. The van der Waals surface area contributed by atoms with Crippen LogP contribution in [-0.4, -0.2) is 5.11 Å². The fourth-order valence-corrected chi connectivity index (χ4v) is 2.84. The van der Waals surface area contributed by atoms with Crippen molar-refractivity contribution in [2.75, 3.05) is 0 Å². The smallest absolute Gasteiger partial charge is 0.135 e. The number of nitrogens with two attached hydrogens (primary N) is 1. The van der Waals surface area contributed by atoms with E-state index in [0.717, 1.165) is 10.0 Å². The van der Waals surface area contributed by atoms with Crippen LogP contribution in [0.3, 0.4) is 0 Å². The third-order valence-electron chi connectivity index (χ3n) is 3.11. The first-order valence-corrected chi connectivity index (χ1v) is 6.62. The van der Waals surface area contributed by atoms with Gasteiger partial charge in [0.05, 0.1) is 4.47 Å². The van der Waals surface area contributed by atoms with E-state index < -0.39 is 0 Å². The summed E-state index contributed by atoms with van der Waals surface area (Å²) in [6, 6.07) is 3.67. The fourth-order valence-electron chi connectivity index (χ4n) is 1.91. The van der Waals surface area contributed by atoms with Crippen LogP contribution in [0.5, 0.6) is 5.75 Å². The van der Waals surface area contributed by atoms with Crippen molar-refractivity contribution in [2.45, 2.75) is 25.3 Å². The summed E-state index contributed by atoms with van der Waals surface area (Å²) >= 11 is 6.75. The van der Waals surface area contributed by atoms with E-state index in [0.29, 0.717) is 10.4 Å². The quantitative estimate of drug-likeness (QED) is 0.821. The summed E-state index contributed by atoms with van der Waals surface area (Å²) in [6.45, 7) is 0. The van der Waals surface area contributed by atoms with Gasteiger partial charge in [0, 0.05) is 16.1 Å². The minimum atomic E-state index is -0.0642. The maximum absolute atomic E-state index is 9.96. The van der Waals surface area contributed by atoms with Gasteiger partial charge in [-0.05, 0) is 46.8 Å². The maximum atomic E-state index is 9.96. The van der Waals surface area contributed by atoms with Gasteiger partial charge in [0.15, 0.2) is 0 Å². The van der Waals surface area contributed by atoms with Crippen molar-refractivity contribution in [3.63, 3.8) is 0 Å². The molecule has 0 unspecified atom stereocenters. The first kappa shape index (κ1) is 14.3. The largest absolute Gasteiger partial charge is 0.506 e. The highest BCUT2D eigenvalue weighted by atomic mass is 79.9. The first-order chi connectivity index (χ1) is 7.11. The van der Waals surface area contributed by atoms with Crippen molar-refractivity contribution in [1.29, 1.82) is 0 Å². The zero-order valence-corrected chi connectivity index (χ0v) is 12.6. The monoisotopic (exact) mass is 369 g/mol. The second-order valence-corrected chi connectivity index (χ2v) is 5.72. The average molecular weight is 372 g/mol. The lowest BCUT2D eigenvalue weighted by atomic mass is 9.77. The highest BCUT2D eigenvalue weighted by molar-refractivity contribution is 9.11. The predicted molar refractivity (Wildman–Crippen MR) is 75.0 cm³/mol. The summed E-state index contributed by atoms with van der Waals surface area (Å²) in [7, 11) is 0. The van der Waals surface area contributed by atoms with Crippen molar-refractivity contribution in [1.82, 2.24) is 0 Å². The van der Waals surface area contributed by atoms with E-state index >= 15 is 0 Å². The lowest BCUT2D eigenvalue weighted by molar-refractivity contribution is 0.260. The Labute approximate surface area is 118 Å². The van der Waals surface area contributed by atoms with Crippen LogP contribution < -0.4 is 5.73 Å². The highest BCUT2D eigenvalue weighted by Gasteiger charge is 2.29. The number of phenolic OH excluding ortho intramolecular Hbond substituents is 1. The molecule has 1 atom stereocenters. The first-order valence-electron chi connectivity index (χ1n) is 5.03. The Morgan fingerprint density at radius 1 is 1.25 bits per heavy atom. The van der Waals surface area contributed by atoms with Gasteiger partial charge >= 0.3 is 0 Å². The molecule has 0 heterocycles. The Kier molecular flexibility index (Phi) is 5.10. The van der Waals surface area contributed by atoms with E-state index in [2.05, 4.69) is 31.9 Å². The van der Waals surface area contributed by atoms with Crippen LogP contribution in [0.4, 0.5) is 0 Å². The maximum Gasteiger partial charge on any atom is 0.135 e. The van der Waals surface area contributed by atoms with Gasteiger partial charge in [0.25, 0.3) is 0 Å². The normalized spacial score (nSPS) is 17.4. The van der Waals surface area contributed by atoms with Gasteiger partial charge in [0.2, 0.25) is 0 Å². The van der Waals surface area contributed by atoms with Crippen LogP contribution in [0.25, 0.3) is 0 Å². The van der Waals surface area contributed by atoms with E-state index in [9.17, 15) is 5.11 Å². The summed E-state index contributed by atoms with van der Waals surface area (Å²) < 4.78 is 1.60. The van der Waals surface area contributed by atoms with Crippen LogP contribution in [-0.2, 0) is 0 Å². The molecule has 90 valence electrons. The number of rotatable bonds is 2. The number of hydrogen-bond acceptors (Lipinski definition) is 2. The molecule has 16 heavy (non-hydrogen) atoms. The van der Waals surface area contributed by atoms with Crippen molar-refractivity contribution < 1.29 is 5.11 Å². The Morgan fingerprint density at radius 3 is 2.31 bits per heavy atom. The average Bonchev–Trinajstić information content (AvgIpc) is 2.09. The minimum absolute atomic E-state index is 0. The zero-order valence-electron chi connectivity index (χ0n) is 8.62. The molecule has 2 nitrogen and oxygen atoms in total. The summed E-state index contributed by atoms with van der Waals surface area (Å²) in [4.78, 5) is 0. The number of halogens is 3. The molecule has 5 heteroatoms. The van der Waals surface area contributed by atoms with Gasteiger partial charge in [-0.3, -0.25) is 0 Å². The second kappa shape index (κ2) is 5.71. The molecular formula is C11H14Br2ClNO. The van der Waals surface area contributed by atoms with Gasteiger partial charge in [-0.1, -0.05) is 22.4 Å². The molecule has 0 spiro atoms. The molecule has 0 saturated heterocycles. The molecule has 1 aromatic rings. The van der Waals surface area contributed by atoms with Crippen LogP contribution in [0.15, 0.2) is 21.1 Å². The second-order valence-electron chi connectivity index (χ2n) is 4.01. The van der Waals surface area contributed by atoms with Gasteiger partial charge < -0.3 is 10.8 Å². The van der Waals surface area contributed by atoms with Gasteiger partial charge in [-0.2, -0.15) is 0 Å². The molecule has 0 radical (unpaired) electrons. The van der Waals surface area contributed by atoms with Crippen molar-refractivity contribution in [2.24, 2.45) is 11.7 Å². The molecule has 3 N–H and O–H groups in total. The molecule has 1 aromatic carbocycles. The number of benzene rings is 1. The van der Waals surface area contributed by atoms with Crippen LogP contribution >= 0.6 is 44.3 Å². The summed E-state index contributed by atoms with van der Waals surface area (Å²) in [5.74, 6) is 0.783. The fraction of sp³-hybridized carbons (Fsp3) is 0.455. The minimum Gasteiger partial charge on any atom is -0.506 e. The Bertz CT molecular complexity index is 382. The van der Waals surface area contributed by atoms with E-state index in [-0.39, 0.29) is 24.2 Å². The highest BCUT2D eigenvalue weighted by Crippen LogP contribution is 2.44. The third kappa shape index (κ3) is 2.55. The summed E-state index contributed by atoms with van der Waals surface area (Å²) in [6.07, 6.45) is 3.59. The Balaban J connectivity index is 0.00000128. The van der Waals surface area contributed by atoms with Crippen LogP contribution in [0.1, 0.15) is 30.9 Å². The molecule has 1 saturated carbocycles. The third-order valence-corrected chi connectivity index (χ3v) is 4.44. The van der Waals surface area contributed by atoms with Crippen molar-refractivity contribution in [3.8, 4) is 5.75 Å². The Hall–Kier alpha value is 0.230. The molecule has 0 aliphatic heterocycles. The molecule has 1 aliphatic rings. The number of phenols is 1. The molecule has 0 amide bonds. The Morgan fingerprint density at radius 2 is 1.81 bits per heavy atom. The lowest BCUT2D eigenvalue weighted by Gasteiger charge is -2.32. The van der Waals surface area contributed by atoms with E-state index in [1.54, 1.807) is 0 Å². The van der Waals surface area contributed by atoms with Gasteiger partial charge in [-0.25, -0.2) is 0 Å². The van der Waals surface area contributed by atoms with Gasteiger partial charge in [0.1, 0.15) is 5.75 Å². The lowest BCUT2D eigenvalue weighted by Crippen LogP contribution is -2.27. The molecule has 0 aromatic heterocycles. The van der Waals surface area contributed by atoms with Crippen molar-refractivity contribution in [3.05, 3.63) is 26.6 Å². The van der Waals surface area contributed by atoms with Crippen LogP contribution in [0.2, 0.25) is 0 Å². The SMILES string of the molecule is Cl.N[C@@H](c1c(Br)ccc(Br)c1O)C1CCC1. The van der Waals surface area contributed by atoms with Crippen molar-refractivity contribution >= 4 is 44.3 Å².